The van der Waals surface area contributed by atoms with Gasteiger partial charge in [-0.15, -0.1) is 0 Å². The van der Waals surface area contributed by atoms with E-state index in [0.29, 0.717) is 27.0 Å². The Morgan fingerprint density at radius 2 is 1.95 bits per heavy atom. The Hall–Kier alpha value is -1.71. The zero-order valence-corrected chi connectivity index (χ0v) is 11.7. The number of rotatable bonds is 2. The summed E-state index contributed by atoms with van der Waals surface area (Å²) in [5.41, 5.74) is 8.13. The van der Waals surface area contributed by atoms with Gasteiger partial charge in [0.05, 0.1) is 11.4 Å². The maximum Gasteiger partial charge on any atom is 0.255 e. The van der Waals surface area contributed by atoms with Gasteiger partial charge in [-0.2, -0.15) is 0 Å². The molecular weight excluding hydrogens is 283 g/mol. The lowest BCUT2D eigenvalue weighted by atomic mass is 10.1. The Balaban J connectivity index is 2.27. The monoisotopic (exact) mass is 294 g/mol. The molecule has 0 aliphatic rings. The minimum Gasteiger partial charge on any atom is -0.397 e. The normalized spacial score (nSPS) is 10.3. The summed E-state index contributed by atoms with van der Waals surface area (Å²) in [6, 6.07) is 10.0. The summed E-state index contributed by atoms with van der Waals surface area (Å²) in [5, 5.41) is 3.77. The molecule has 98 valence electrons. The molecule has 2 rings (SSSR count). The van der Waals surface area contributed by atoms with E-state index >= 15 is 0 Å². The lowest BCUT2D eigenvalue weighted by molar-refractivity contribution is 0.102. The van der Waals surface area contributed by atoms with Crippen LogP contribution in [0.1, 0.15) is 15.9 Å². The lowest BCUT2D eigenvalue weighted by Gasteiger charge is -2.10. The SMILES string of the molecule is Cc1cc(N)c(NC(=O)c2cccc(Cl)c2)cc1Cl. The van der Waals surface area contributed by atoms with Crippen LogP contribution in [0.3, 0.4) is 0 Å². The molecule has 0 aliphatic carbocycles. The van der Waals surface area contributed by atoms with Gasteiger partial charge in [-0.05, 0) is 42.8 Å². The van der Waals surface area contributed by atoms with Crippen molar-refractivity contribution in [1.82, 2.24) is 0 Å². The molecule has 0 aliphatic heterocycles. The van der Waals surface area contributed by atoms with Gasteiger partial charge in [0.1, 0.15) is 0 Å². The predicted octanol–water partition coefficient (Wildman–Crippen LogP) is 4.14. The van der Waals surface area contributed by atoms with Crippen LogP contribution >= 0.6 is 23.2 Å². The number of halogens is 2. The fourth-order valence-corrected chi connectivity index (χ4v) is 1.99. The first-order valence-electron chi connectivity index (χ1n) is 5.60. The molecule has 0 spiro atoms. The zero-order chi connectivity index (χ0) is 14.0. The number of hydrogen-bond acceptors (Lipinski definition) is 2. The van der Waals surface area contributed by atoms with Gasteiger partial charge < -0.3 is 11.1 Å². The first kappa shape index (κ1) is 13.7. The van der Waals surface area contributed by atoms with E-state index in [4.69, 9.17) is 28.9 Å². The first-order valence-corrected chi connectivity index (χ1v) is 6.35. The Morgan fingerprint density at radius 3 is 2.63 bits per heavy atom. The molecule has 0 atom stereocenters. The zero-order valence-electron chi connectivity index (χ0n) is 10.2. The number of aryl methyl sites for hydroxylation is 1. The van der Waals surface area contributed by atoms with Gasteiger partial charge in [0, 0.05) is 15.6 Å². The van der Waals surface area contributed by atoms with Crippen LogP contribution in [-0.2, 0) is 0 Å². The quantitative estimate of drug-likeness (QED) is 0.818. The van der Waals surface area contributed by atoms with Crippen molar-refractivity contribution in [3.8, 4) is 0 Å². The third kappa shape index (κ3) is 3.19. The van der Waals surface area contributed by atoms with Crippen LogP contribution in [0.5, 0.6) is 0 Å². The number of carbonyl (C=O) groups excluding carboxylic acids is 1. The Bertz CT molecular complexity index is 641. The van der Waals surface area contributed by atoms with Crippen molar-refractivity contribution in [2.75, 3.05) is 11.1 Å². The van der Waals surface area contributed by atoms with Crippen molar-refractivity contribution in [2.45, 2.75) is 6.92 Å². The highest BCUT2D eigenvalue weighted by Gasteiger charge is 2.10. The minimum absolute atomic E-state index is 0.283. The summed E-state index contributed by atoms with van der Waals surface area (Å²) in [6.45, 7) is 1.85. The molecule has 0 fully saturated rings. The highest BCUT2D eigenvalue weighted by molar-refractivity contribution is 6.32. The van der Waals surface area contributed by atoms with Crippen LogP contribution < -0.4 is 11.1 Å². The van der Waals surface area contributed by atoms with Crippen LogP contribution in [0, 0.1) is 6.92 Å². The molecule has 2 aromatic rings. The van der Waals surface area contributed by atoms with E-state index in [1.54, 1.807) is 36.4 Å². The molecule has 3 N–H and O–H groups in total. The molecule has 0 bridgehead atoms. The van der Waals surface area contributed by atoms with E-state index in [1.165, 1.54) is 0 Å². The van der Waals surface area contributed by atoms with E-state index in [0.717, 1.165) is 5.56 Å². The lowest BCUT2D eigenvalue weighted by Crippen LogP contribution is -2.13. The van der Waals surface area contributed by atoms with E-state index in [9.17, 15) is 4.79 Å². The van der Waals surface area contributed by atoms with Gasteiger partial charge in [0.15, 0.2) is 0 Å². The van der Waals surface area contributed by atoms with Crippen LogP contribution in [-0.4, -0.2) is 5.91 Å². The second-order valence-electron chi connectivity index (χ2n) is 4.15. The van der Waals surface area contributed by atoms with Gasteiger partial charge in [0.25, 0.3) is 5.91 Å². The van der Waals surface area contributed by atoms with Crippen molar-refractivity contribution in [3.05, 3.63) is 57.6 Å². The summed E-state index contributed by atoms with van der Waals surface area (Å²) < 4.78 is 0. The second kappa shape index (κ2) is 5.51. The number of anilines is 2. The van der Waals surface area contributed by atoms with E-state index in [-0.39, 0.29) is 5.91 Å². The van der Waals surface area contributed by atoms with Crippen LogP contribution in [0.25, 0.3) is 0 Å². The summed E-state index contributed by atoms with van der Waals surface area (Å²) in [5.74, 6) is -0.283. The van der Waals surface area contributed by atoms with E-state index < -0.39 is 0 Å². The topological polar surface area (TPSA) is 55.1 Å². The van der Waals surface area contributed by atoms with E-state index in [1.807, 2.05) is 6.92 Å². The number of nitrogens with one attached hydrogen (secondary N) is 1. The van der Waals surface area contributed by atoms with Crippen molar-refractivity contribution in [2.24, 2.45) is 0 Å². The summed E-state index contributed by atoms with van der Waals surface area (Å²) in [6.07, 6.45) is 0. The van der Waals surface area contributed by atoms with Gasteiger partial charge in [-0.1, -0.05) is 29.3 Å². The first-order chi connectivity index (χ1) is 8.97. The van der Waals surface area contributed by atoms with E-state index in [2.05, 4.69) is 5.32 Å². The van der Waals surface area contributed by atoms with Crippen molar-refractivity contribution < 1.29 is 4.79 Å². The molecule has 0 saturated carbocycles. The predicted molar refractivity (Wildman–Crippen MR) is 80.0 cm³/mol. The highest BCUT2D eigenvalue weighted by atomic mass is 35.5. The molecule has 0 aromatic heterocycles. The van der Waals surface area contributed by atoms with Crippen molar-refractivity contribution >= 4 is 40.5 Å². The van der Waals surface area contributed by atoms with Gasteiger partial charge >= 0.3 is 0 Å². The van der Waals surface area contributed by atoms with Crippen LogP contribution in [0.4, 0.5) is 11.4 Å². The molecule has 19 heavy (non-hydrogen) atoms. The summed E-state index contributed by atoms with van der Waals surface area (Å²) >= 11 is 11.9. The van der Waals surface area contributed by atoms with Gasteiger partial charge in [0.2, 0.25) is 0 Å². The fourth-order valence-electron chi connectivity index (χ4n) is 1.64. The van der Waals surface area contributed by atoms with Gasteiger partial charge in [-0.3, -0.25) is 4.79 Å². The average molecular weight is 295 g/mol. The molecule has 2 aromatic carbocycles. The molecule has 0 radical (unpaired) electrons. The van der Waals surface area contributed by atoms with Gasteiger partial charge in [-0.25, -0.2) is 0 Å². The molecule has 0 unspecified atom stereocenters. The fraction of sp³-hybridized carbons (Fsp3) is 0.0714. The Kier molecular flexibility index (Phi) is 3.98. The molecule has 0 saturated heterocycles. The second-order valence-corrected chi connectivity index (χ2v) is 5.00. The molecule has 3 nitrogen and oxygen atoms in total. The number of carbonyl (C=O) groups is 1. The summed E-state index contributed by atoms with van der Waals surface area (Å²) in [7, 11) is 0. The van der Waals surface area contributed by atoms with Crippen molar-refractivity contribution in [1.29, 1.82) is 0 Å². The standard InChI is InChI=1S/C14H12Cl2N2O/c1-8-5-12(17)13(7-11(8)16)18-14(19)9-3-2-4-10(15)6-9/h2-7H,17H2,1H3,(H,18,19). The number of amides is 1. The number of hydrogen-bond donors (Lipinski definition) is 2. The van der Waals surface area contributed by atoms with Crippen LogP contribution in [0.2, 0.25) is 10.0 Å². The molecule has 5 heteroatoms. The smallest absolute Gasteiger partial charge is 0.255 e. The van der Waals surface area contributed by atoms with Crippen LogP contribution in [0.15, 0.2) is 36.4 Å². The highest BCUT2D eigenvalue weighted by Crippen LogP contribution is 2.27. The van der Waals surface area contributed by atoms with Crippen molar-refractivity contribution in [3.63, 3.8) is 0 Å². The maximum absolute atomic E-state index is 12.0. The third-order valence-corrected chi connectivity index (χ3v) is 3.31. The molecular formula is C14H12Cl2N2O. The number of nitrogen functional groups attached to an aromatic ring is 1. The maximum atomic E-state index is 12.0. The Labute approximate surface area is 121 Å². The molecule has 0 heterocycles. The number of nitrogens with two attached hydrogens (primary N) is 1. The number of benzene rings is 2. The largest absolute Gasteiger partial charge is 0.397 e. The summed E-state index contributed by atoms with van der Waals surface area (Å²) in [4.78, 5) is 12.0. The average Bonchev–Trinajstić information content (AvgIpc) is 2.36. The Morgan fingerprint density at radius 1 is 1.21 bits per heavy atom. The molecule has 1 amide bonds. The third-order valence-electron chi connectivity index (χ3n) is 2.67. The minimum atomic E-state index is -0.283.